The van der Waals surface area contributed by atoms with E-state index in [9.17, 15) is 22.8 Å². The summed E-state index contributed by atoms with van der Waals surface area (Å²) in [6, 6.07) is 6.93. The van der Waals surface area contributed by atoms with Gasteiger partial charge in [0.1, 0.15) is 0 Å². The molecular weight excluding hydrogens is 333 g/mol. The van der Waals surface area contributed by atoms with Gasteiger partial charge in [-0.2, -0.15) is 13.2 Å². The van der Waals surface area contributed by atoms with Gasteiger partial charge in [-0.3, -0.25) is 9.59 Å². The second-order valence-electron chi connectivity index (χ2n) is 5.29. The molecule has 0 N–H and O–H groups in total. The van der Waals surface area contributed by atoms with E-state index in [1.165, 1.54) is 4.90 Å². The molecule has 126 valence electrons. The van der Waals surface area contributed by atoms with E-state index in [0.717, 1.165) is 4.90 Å². The molecule has 0 radical (unpaired) electrons. The number of alkyl halides is 3. The van der Waals surface area contributed by atoms with Gasteiger partial charge in [0.2, 0.25) is 5.91 Å². The van der Waals surface area contributed by atoms with Crippen LogP contribution in [0.25, 0.3) is 0 Å². The first-order valence-electron chi connectivity index (χ1n) is 7.16. The molecule has 1 aliphatic rings. The molecule has 0 aromatic heterocycles. The Kier molecular flexibility index (Phi) is 5.51. The van der Waals surface area contributed by atoms with Crippen LogP contribution >= 0.6 is 11.6 Å². The van der Waals surface area contributed by atoms with Crippen LogP contribution in [0.2, 0.25) is 5.02 Å². The van der Waals surface area contributed by atoms with Crippen LogP contribution in [-0.2, 0) is 16.0 Å². The number of amides is 2. The van der Waals surface area contributed by atoms with Gasteiger partial charge in [-0.05, 0) is 18.1 Å². The Morgan fingerprint density at radius 3 is 2.30 bits per heavy atom. The number of hydrogen-bond donors (Lipinski definition) is 0. The van der Waals surface area contributed by atoms with Crippen molar-refractivity contribution in [3.8, 4) is 0 Å². The largest absolute Gasteiger partial charge is 0.471 e. The van der Waals surface area contributed by atoms with E-state index in [4.69, 9.17) is 11.6 Å². The highest BCUT2D eigenvalue weighted by atomic mass is 35.5. The fraction of sp³-hybridized carbons (Fsp3) is 0.467. The van der Waals surface area contributed by atoms with E-state index in [1.807, 2.05) is 0 Å². The van der Waals surface area contributed by atoms with Crippen LogP contribution < -0.4 is 0 Å². The molecule has 2 amide bonds. The summed E-state index contributed by atoms with van der Waals surface area (Å²) in [5, 5.41) is 0.476. The lowest BCUT2D eigenvalue weighted by atomic mass is 10.1. The predicted octanol–water partition coefficient (Wildman–Crippen LogP) is 2.51. The van der Waals surface area contributed by atoms with E-state index in [1.54, 1.807) is 24.3 Å². The average molecular weight is 349 g/mol. The summed E-state index contributed by atoms with van der Waals surface area (Å²) in [6.45, 7) is 0.289. The van der Waals surface area contributed by atoms with Crippen molar-refractivity contribution in [1.82, 2.24) is 9.80 Å². The molecule has 0 unspecified atom stereocenters. The first-order chi connectivity index (χ1) is 10.8. The van der Waals surface area contributed by atoms with Crippen molar-refractivity contribution in [1.29, 1.82) is 0 Å². The third kappa shape index (κ3) is 4.60. The minimum Gasteiger partial charge on any atom is -0.341 e. The predicted molar refractivity (Wildman–Crippen MR) is 79.0 cm³/mol. The Morgan fingerprint density at radius 1 is 1.04 bits per heavy atom. The second kappa shape index (κ2) is 7.21. The van der Waals surface area contributed by atoms with Gasteiger partial charge in [-0.25, -0.2) is 0 Å². The van der Waals surface area contributed by atoms with Gasteiger partial charge in [0.05, 0.1) is 6.42 Å². The molecule has 0 aliphatic carbocycles. The van der Waals surface area contributed by atoms with Crippen LogP contribution in [0.15, 0.2) is 24.3 Å². The summed E-state index contributed by atoms with van der Waals surface area (Å²) in [7, 11) is 0. The maximum Gasteiger partial charge on any atom is 0.471 e. The lowest BCUT2D eigenvalue weighted by Crippen LogP contribution is -2.43. The number of nitrogens with zero attached hydrogens (tertiary/aromatic N) is 2. The minimum atomic E-state index is -4.88. The third-order valence-electron chi connectivity index (χ3n) is 3.68. The van der Waals surface area contributed by atoms with Crippen LogP contribution in [0, 0.1) is 0 Å². The molecule has 8 heteroatoms. The Morgan fingerprint density at radius 2 is 1.65 bits per heavy atom. The minimum absolute atomic E-state index is 0.00574. The summed E-state index contributed by atoms with van der Waals surface area (Å²) < 4.78 is 37.4. The molecule has 1 aliphatic heterocycles. The number of carbonyl (C=O) groups is 2. The van der Waals surface area contributed by atoms with Crippen LogP contribution in [0.3, 0.4) is 0 Å². The van der Waals surface area contributed by atoms with Crippen LogP contribution in [0.5, 0.6) is 0 Å². The molecule has 0 bridgehead atoms. The summed E-state index contributed by atoms with van der Waals surface area (Å²) in [6.07, 6.45) is -4.47. The molecule has 0 spiro atoms. The molecule has 0 saturated carbocycles. The lowest BCUT2D eigenvalue weighted by Gasteiger charge is -2.23. The zero-order valence-electron chi connectivity index (χ0n) is 12.3. The van der Waals surface area contributed by atoms with E-state index >= 15 is 0 Å². The average Bonchev–Trinajstić information content (AvgIpc) is 2.73. The first-order valence-corrected chi connectivity index (χ1v) is 7.54. The van der Waals surface area contributed by atoms with E-state index in [0.29, 0.717) is 23.6 Å². The van der Waals surface area contributed by atoms with Crippen LogP contribution in [-0.4, -0.2) is 54.0 Å². The SMILES string of the molecule is O=C(Cc1ccccc1Cl)N1CCCN(C(=O)C(F)(F)F)CC1. The van der Waals surface area contributed by atoms with Gasteiger partial charge in [0.15, 0.2) is 0 Å². The van der Waals surface area contributed by atoms with Gasteiger partial charge < -0.3 is 9.80 Å². The topological polar surface area (TPSA) is 40.6 Å². The van der Waals surface area contributed by atoms with Gasteiger partial charge in [-0.15, -0.1) is 0 Å². The van der Waals surface area contributed by atoms with Crippen molar-refractivity contribution in [3.05, 3.63) is 34.9 Å². The monoisotopic (exact) mass is 348 g/mol. The molecule has 4 nitrogen and oxygen atoms in total. The van der Waals surface area contributed by atoms with Crippen LogP contribution in [0.1, 0.15) is 12.0 Å². The normalized spacial score (nSPS) is 16.2. The molecule has 0 atom stereocenters. The molecule has 1 saturated heterocycles. The Hall–Kier alpha value is -1.76. The van der Waals surface area contributed by atoms with E-state index < -0.39 is 12.1 Å². The van der Waals surface area contributed by atoms with Crippen molar-refractivity contribution in [2.75, 3.05) is 26.2 Å². The lowest BCUT2D eigenvalue weighted by molar-refractivity contribution is -0.185. The highest BCUT2D eigenvalue weighted by Crippen LogP contribution is 2.20. The molecule has 1 aromatic carbocycles. The molecule has 23 heavy (non-hydrogen) atoms. The van der Waals surface area contributed by atoms with Gasteiger partial charge in [0.25, 0.3) is 0 Å². The maximum atomic E-state index is 12.5. The standard InChI is InChI=1S/C15H16ClF3N2O2/c16-12-5-2-1-4-11(12)10-13(22)20-6-3-7-21(9-8-20)14(23)15(17,18)19/h1-2,4-5H,3,6-10H2. The van der Waals surface area contributed by atoms with Crippen molar-refractivity contribution in [2.24, 2.45) is 0 Å². The van der Waals surface area contributed by atoms with Gasteiger partial charge in [0, 0.05) is 31.2 Å². The molecule has 1 heterocycles. The number of hydrogen-bond acceptors (Lipinski definition) is 2. The summed E-state index contributed by atoms with van der Waals surface area (Å²) in [4.78, 5) is 25.8. The molecule has 1 aromatic rings. The Labute approximate surface area is 136 Å². The zero-order valence-corrected chi connectivity index (χ0v) is 13.0. The fourth-order valence-electron chi connectivity index (χ4n) is 2.47. The van der Waals surface area contributed by atoms with Gasteiger partial charge >= 0.3 is 12.1 Å². The number of benzene rings is 1. The summed E-state index contributed by atoms with van der Waals surface area (Å²) in [5.74, 6) is -2.06. The van der Waals surface area contributed by atoms with Crippen molar-refractivity contribution in [2.45, 2.75) is 19.0 Å². The third-order valence-corrected chi connectivity index (χ3v) is 4.05. The molecule has 1 fully saturated rings. The zero-order chi connectivity index (χ0) is 17.0. The Balaban J connectivity index is 1.96. The highest BCUT2D eigenvalue weighted by Gasteiger charge is 2.42. The molecular formula is C15H16ClF3N2O2. The quantitative estimate of drug-likeness (QED) is 0.824. The Bertz CT molecular complexity index is 592. The van der Waals surface area contributed by atoms with Crippen LogP contribution in [0.4, 0.5) is 13.2 Å². The summed E-state index contributed by atoms with van der Waals surface area (Å²) in [5.41, 5.74) is 0.673. The van der Waals surface area contributed by atoms with E-state index in [2.05, 4.69) is 0 Å². The first kappa shape index (κ1) is 17.6. The van der Waals surface area contributed by atoms with Crippen molar-refractivity contribution in [3.63, 3.8) is 0 Å². The highest BCUT2D eigenvalue weighted by molar-refractivity contribution is 6.31. The van der Waals surface area contributed by atoms with E-state index in [-0.39, 0.29) is 32.0 Å². The van der Waals surface area contributed by atoms with Gasteiger partial charge in [-0.1, -0.05) is 29.8 Å². The fourth-order valence-corrected chi connectivity index (χ4v) is 2.67. The number of rotatable bonds is 2. The smallest absolute Gasteiger partial charge is 0.341 e. The summed E-state index contributed by atoms with van der Waals surface area (Å²) >= 11 is 6.01. The molecule has 2 rings (SSSR count). The van der Waals surface area contributed by atoms with Crippen molar-refractivity contribution >= 4 is 23.4 Å². The second-order valence-corrected chi connectivity index (χ2v) is 5.70. The maximum absolute atomic E-state index is 12.5. The van der Waals surface area contributed by atoms with Crippen molar-refractivity contribution < 1.29 is 22.8 Å². The number of carbonyl (C=O) groups excluding carboxylic acids is 2. The number of halogens is 4.